The Morgan fingerprint density at radius 1 is 0.829 bits per heavy atom. The van der Waals surface area contributed by atoms with E-state index in [1.807, 2.05) is 72.8 Å². The highest BCUT2D eigenvalue weighted by Crippen LogP contribution is 2.41. The average molecular weight is 570 g/mol. The molecule has 0 radical (unpaired) electrons. The summed E-state index contributed by atoms with van der Waals surface area (Å²) in [5.41, 5.74) is 2.30. The van der Waals surface area contributed by atoms with Gasteiger partial charge in [0.25, 0.3) is 5.56 Å². The molecule has 0 spiro atoms. The van der Waals surface area contributed by atoms with Crippen molar-refractivity contribution in [3.8, 4) is 21.6 Å². The lowest BCUT2D eigenvalue weighted by molar-refractivity contribution is -0.137. The normalized spacial score (nSPS) is 11.7. The Hall–Kier alpha value is -4.69. The quantitative estimate of drug-likeness (QED) is 0.197. The molecule has 2 heterocycles. The van der Waals surface area contributed by atoms with Crippen LogP contribution in [0.15, 0.2) is 108 Å². The third-order valence-corrected chi connectivity index (χ3v) is 8.28. The van der Waals surface area contributed by atoms with E-state index in [4.69, 9.17) is 4.74 Å². The zero-order valence-electron chi connectivity index (χ0n) is 21.7. The number of esters is 1. The highest BCUT2D eigenvalue weighted by atomic mass is 32.1. The van der Waals surface area contributed by atoms with Crippen LogP contribution in [0.5, 0.6) is 0 Å². The van der Waals surface area contributed by atoms with Gasteiger partial charge in [-0.25, -0.2) is 4.79 Å². The van der Waals surface area contributed by atoms with E-state index in [0.29, 0.717) is 32.8 Å². The summed E-state index contributed by atoms with van der Waals surface area (Å²) in [5, 5.41) is 2.05. The molecule has 0 aliphatic heterocycles. The summed E-state index contributed by atoms with van der Waals surface area (Å²) in [7, 11) is 1.25. The maximum atomic E-state index is 13.7. The van der Waals surface area contributed by atoms with Gasteiger partial charge in [0.2, 0.25) is 0 Å². The summed E-state index contributed by atoms with van der Waals surface area (Å²) in [6.07, 6.45) is -4.13. The number of thiazole rings is 1. The van der Waals surface area contributed by atoms with E-state index >= 15 is 0 Å². The van der Waals surface area contributed by atoms with Crippen molar-refractivity contribution in [1.82, 2.24) is 4.40 Å². The number of halogens is 3. The zero-order valence-corrected chi connectivity index (χ0v) is 22.6. The summed E-state index contributed by atoms with van der Waals surface area (Å²) in [6, 6.07) is 29.3. The Balaban J connectivity index is 1.67. The number of carbonyl (C=O) groups excluding carboxylic acids is 1. The van der Waals surface area contributed by atoms with E-state index in [9.17, 15) is 22.8 Å². The van der Waals surface area contributed by atoms with E-state index in [1.165, 1.54) is 41.0 Å². The van der Waals surface area contributed by atoms with Gasteiger partial charge in [0.05, 0.1) is 17.6 Å². The molecule has 0 atom stereocenters. The van der Waals surface area contributed by atoms with Gasteiger partial charge in [0.15, 0.2) is 5.69 Å². The Kier molecular flexibility index (Phi) is 6.71. The largest absolute Gasteiger partial charge is 0.464 e. The van der Waals surface area contributed by atoms with Crippen LogP contribution in [-0.2, 0) is 17.3 Å². The van der Waals surface area contributed by atoms with Crippen LogP contribution < -0.4 is 5.56 Å². The SMILES string of the molecule is COC(=O)c1c(-c2ccccc2)sc2c(-c3ccc(C(F)(F)F)cc3)c(Cc3cccc4ccccc34)cc(=O)n12. The number of methoxy groups -OCH3 is 1. The molecule has 41 heavy (non-hydrogen) atoms. The molecular weight excluding hydrogens is 547 g/mol. The molecule has 0 fully saturated rings. The number of pyridine rings is 1. The molecule has 0 saturated heterocycles. The predicted octanol–water partition coefficient (Wildman–Crippen LogP) is 8.24. The van der Waals surface area contributed by atoms with Crippen LogP contribution in [-0.4, -0.2) is 17.5 Å². The van der Waals surface area contributed by atoms with E-state index in [0.717, 1.165) is 34.0 Å². The molecule has 204 valence electrons. The highest BCUT2D eigenvalue weighted by Gasteiger charge is 2.31. The van der Waals surface area contributed by atoms with Crippen molar-refractivity contribution in [2.45, 2.75) is 12.6 Å². The zero-order chi connectivity index (χ0) is 28.7. The van der Waals surface area contributed by atoms with Crippen LogP contribution in [0.4, 0.5) is 13.2 Å². The second kappa shape index (κ2) is 10.4. The Morgan fingerprint density at radius 3 is 2.22 bits per heavy atom. The number of rotatable bonds is 5. The number of hydrogen-bond acceptors (Lipinski definition) is 4. The van der Waals surface area contributed by atoms with Gasteiger partial charge in [0.1, 0.15) is 4.83 Å². The van der Waals surface area contributed by atoms with E-state index in [1.54, 1.807) is 0 Å². The predicted molar refractivity (Wildman–Crippen MR) is 156 cm³/mol. The van der Waals surface area contributed by atoms with Crippen molar-refractivity contribution >= 4 is 32.9 Å². The second-order valence-corrected chi connectivity index (χ2v) is 10.6. The number of fused-ring (bicyclic) bond motifs is 2. The molecule has 4 nitrogen and oxygen atoms in total. The van der Waals surface area contributed by atoms with Crippen LogP contribution >= 0.6 is 11.3 Å². The Bertz CT molecular complexity index is 1970. The molecular formula is C33H22F3NO3S. The Morgan fingerprint density at radius 2 is 1.51 bits per heavy atom. The van der Waals surface area contributed by atoms with Gasteiger partial charge in [-0.1, -0.05) is 84.9 Å². The van der Waals surface area contributed by atoms with Crippen molar-refractivity contribution in [2.75, 3.05) is 7.11 Å². The first-order valence-corrected chi connectivity index (χ1v) is 13.6. The molecule has 0 aliphatic rings. The number of carbonyl (C=O) groups is 1. The molecule has 0 saturated carbocycles. The molecule has 0 unspecified atom stereocenters. The van der Waals surface area contributed by atoms with Gasteiger partial charge < -0.3 is 4.74 Å². The molecule has 6 aromatic rings. The first-order valence-electron chi connectivity index (χ1n) is 12.8. The molecule has 0 amide bonds. The smallest absolute Gasteiger partial charge is 0.416 e. The van der Waals surface area contributed by atoms with Gasteiger partial charge in [-0.2, -0.15) is 13.2 Å². The van der Waals surface area contributed by atoms with Gasteiger partial charge in [-0.05, 0) is 51.6 Å². The lowest BCUT2D eigenvalue weighted by Gasteiger charge is -2.15. The number of benzene rings is 4. The number of hydrogen-bond donors (Lipinski definition) is 0. The lowest BCUT2D eigenvalue weighted by Crippen LogP contribution is -2.20. The highest BCUT2D eigenvalue weighted by molar-refractivity contribution is 7.21. The topological polar surface area (TPSA) is 47.8 Å². The molecule has 0 bridgehead atoms. The lowest BCUT2D eigenvalue weighted by atomic mass is 9.93. The summed E-state index contributed by atoms with van der Waals surface area (Å²) >= 11 is 1.23. The first-order chi connectivity index (χ1) is 19.8. The van der Waals surface area contributed by atoms with Crippen LogP contribution in [0.2, 0.25) is 0 Å². The van der Waals surface area contributed by atoms with E-state index in [2.05, 4.69) is 0 Å². The fourth-order valence-corrected chi connectivity index (χ4v) is 6.52. The van der Waals surface area contributed by atoms with Crippen LogP contribution in [0.1, 0.15) is 27.2 Å². The monoisotopic (exact) mass is 569 g/mol. The summed E-state index contributed by atoms with van der Waals surface area (Å²) in [6.45, 7) is 0. The molecule has 2 aromatic heterocycles. The minimum absolute atomic E-state index is 0.0774. The Labute approximate surface area is 236 Å². The number of nitrogens with zero attached hydrogens (tertiary/aromatic N) is 1. The summed E-state index contributed by atoms with van der Waals surface area (Å²) in [4.78, 5) is 27.8. The van der Waals surface area contributed by atoms with E-state index < -0.39 is 23.3 Å². The third-order valence-electron chi connectivity index (χ3n) is 7.07. The summed E-state index contributed by atoms with van der Waals surface area (Å²) in [5.74, 6) is -0.683. The molecule has 6 rings (SSSR count). The summed E-state index contributed by atoms with van der Waals surface area (Å²) < 4.78 is 46.7. The van der Waals surface area contributed by atoms with Gasteiger partial charge in [0, 0.05) is 11.6 Å². The van der Waals surface area contributed by atoms with Crippen LogP contribution in [0.25, 0.3) is 37.2 Å². The van der Waals surface area contributed by atoms with Gasteiger partial charge >= 0.3 is 12.1 Å². The molecule has 0 N–H and O–H groups in total. The fraction of sp³-hybridized carbons (Fsp3) is 0.0909. The van der Waals surface area contributed by atoms with E-state index in [-0.39, 0.29) is 5.69 Å². The molecule has 0 aliphatic carbocycles. The van der Waals surface area contributed by atoms with Crippen molar-refractivity contribution in [3.63, 3.8) is 0 Å². The standard InChI is InChI=1S/C33H22F3NO3S/c1-40-32(39)29-30(22-9-3-2-4-10-22)41-31-28(21-14-16-25(17-15-21)33(34,35)36)24(19-27(38)37(29)31)18-23-12-7-11-20-8-5-6-13-26(20)23/h2-17,19H,18H2,1H3. The minimum Gasteiger partial charge on any atom is -0.464 e. The van der Waals surface area contributed by atoms with Crippen LogP contribution in [0, 0.1) is 0 Å². The van der Waals surface area contributed by atoms with Crippen molar-refractivity contribution < 1.29 is 22.7 Å². The van der Waals surface area contributed by atoms with Crippen molar-refractivity contribution in [1.29, 1.82) is 0 Å². The van der Waals surface area contributed by atoms with Crippen molar-refractivity contribution in [2.24, 2.45) is 0 Å². The maximum absolute atomic E-state index is 13.7. The minimum atomic E-state index is -4.49. The van der Waals surface area contributed by atoms with Gasteiger partial charge in [-0.15, -0.1) is 11.3 Å². The van der Waals surface area contributed by atoms with Crippen LogP contribution in [0.3, 0.4) is 0 Å². The van der Waals surface area contributed by atoms with Crippen molar-refractivity contribution in [3.05, 3.63) is 136 Å². The number of alkyl halides is 3. The first kappa shape index (κ1) is 26.5. The number of aromatic nitrogens is 1. The average Bonchev–Trinajstić information content (AvgIpc) is 3.38. The molecule has 4 aromatic carbocycles. The third kappa shape index (κ3) is 4.80. The van der Waals surface area contributed by atoms with Gasteiger partial charge in [-0.3, -0.25) is 9.20 Å². The molecule has 8 heteroatoms. The number of ether oxygens (including phenoxy) is 1. The fourth-order valence-electron chi connectivity index (χ4n) is 5.18. The second-order valence-electron chi connectivity index (χ2n) is 9.55. The maximum Gasteiger partial charge on any atom is 0.416 e.